The van der Waals surface area contributed by atoms with Crippen LogP contribution >= 0.6 is 11.3 Å². The Balaban J connectivity index is 1.60. The highest BCUT2D eigenvalue weighted by Crippen LogP contribution is 2.22. The van der Waals surface area contributed by atoms with E-state index in [-0.39, 0.29) is 24.1 Å². The number of nitrogens with one attached hydrogen (secondary N) is 2. The van der Waals surface area contributed by atoms with Gasteiger partial charge in [0.25, 0.3) is 0 Å². The molecule has 1 aliphatic rings. The molecule has 9 heteroatoms. The van der Waals surface area contributed by atoms with Crippen molar-refractivity contribution in [3.8, 4) is 11.3 Å². The maximum atomic E-state index is 11.9. The Morgan fingerprint density at radius 3 is 2.87 bits per heavy atom. The number of hydrogen-bond donors (Lipinski definition) is 2. The van der Waals surface area contributed by atoms with Crippen LogP contribution < -0.4 is 10.6 Å². The lowest BCUT2D eigenvalue weighted by molar-refractivity contribution is 0.237. The number of thiophene rings is 1. The second kappa shape index (κ2) is 6.63. The highest BCUT2D eigenvalue weighted by atomic mass is 32.2. The molecule has 1 unspecified atom stereocenters. The molecule has 0 bridgehead atoms. The van der Waals surface area contributed by atoms with Crippen LogP contribution in [0.5, 0.6) is 0 Å². The molecule has 0 spiro atoms. The summed E-state index contributed by atoms with van der Waals surface area (Å²) >= 11 is 1.56. The molecule has 2 aromatic heterocycles. The molecule has 23 heavy (non-hydrogen) atoms. The predicted octanol–water partition coefficient (Wildman–Crippen LogP) is 1.19. The number of hydrogen-bond acceptors (Lipinski definition) is 6. The van der Waals surface area contributed by atoms with Gasteiger partial charge in [-0.1, -0.05) is 0 Å². The molecule has 122 valence electrons. The Morgan fingerprint density at radius 1 is 1.35 bits per heavy atom. The minimum Gasteiger partial charge on any atom is -0.334 e. The van der Waals surface area contributed by atoms with Gasteiger partial charge in [-0.3, -0.25) is 9.97 Å². The number of carbonyl (C=O) groups excluding carboxylic acids is 1. The highest BCUT2D eigenvalue weighted by Gasteiger charge is 2.28. The molecular formula is C14H16N4O3S2. The Bertz CT molecular complexity index is 790. The van der Waals surface area contributed by atoms with E-state index in [9.17, 15) is 13.2 Å². The van der Waals surface area contributed by atoms with Gasteiger partial charge in [0.05, 0.1) is 29.4 Å². The van der Waals surface area contributed by atoms with E-state index in [2.05, 4.69) is 20.6 Å². The fraction of sp³-hybridized carbons (Fsp3) is 0.357. The molecule has 2 amide bonds. The number of urea groups is 1. The lowest BCUT2D eigenvalue weighted by Gasteiger charge is -2.12. The largest absolute Gasteiger partial charge is 0.334 e. The van der Waals surface area contributed by atoms with Crippen molar-refractivity contribution in [2.45, 2.75) is 19.0 Å². The minimum absolute atomic E-state index is 0.00567. The summed E-state index contributed by atoms with van der Waals surface area (Å²) in [4.78, 5) is 20.5. The zero-order valence-electron chi connectivity index (χ0n) is 12.2. The van der Waals surface area contributed by atoms with Gasteiger partial charge in [0.1, 0.15) is 0 Å². The summed E-state index contributed by atoms with van der Waals surface area (Å²) in [5.74, 6) is 0.135. The second-order valence-corrected chi connectivity index (χ2v) is 8.30. The zero-order chi connectivity index (χ0) is 16.3. The van der Waals surface area contributed by atoms with E-state index in [4.69, 9.17) is 0 Å². The summed E-state index contributed by atoms with van der Waals surface area (Å²) in [7, 11) is -3.01. The normalized spacial score (nSPS) is 19.4. The summed E-state index contributed by atoms with van der Waals surface area (Å²) < 4.78 is 22.8. The molecule has 0 aliphatic carbocycles. The summed E-state index contributed by atoms with van der Waals surface area (Å²) in [5.41, 5.74) is 2.36. The van der Waals surface area contributed by atoms with Crippen LogP contribution in [0.2, 0.25) is 0 Å². The first-order valence-corrected chi connectivity index (χ1v) is 9.87. The van der Waals surface area contributed by atoms with Crippen LogP contribution in [0.15, 0.2) is 29.2 Å². The van der Waals surface area contributed by atoms with Crippen LogP contribution in [-0.2, 0) is 16.4 Å². The van der Waals surface area contributed by atoms with E-state index in [0.717, 1.165) is 11.3 Å². The number of aromatic nitrogens is 2. The summed E-state index contributed by atoms with van der Waals surface area (Å²) in [6.45, 7) is 0.227. The molecule has 1 atom stereocenters. The van der Waals surface area contributed by atoms with Gasteiger partial charge in [0.2, 0.25) is 0 Å². The van der Waals surface area contributed by atoms with Crippen molar-refractivity contribution < 1.29 is 13.2 Å². The quantitative estimate of drug-likeness (QED) is 0.861. The first-order valence-electron chi connectivity index (χ1n) is 7.11. The van der Waals surface area contributed by atoms with E-state index in [0.29, 0.717) is 12.1 Å². The SMILES string of the molecule is O=C(NCc1nccnc1-c1ccsc1)NC1CCS(=O)(=O)C1. The standard InChI is InChI=1S/C14H16N4O3S2/c19-14(18-11-2-6-23(20,21)9-11)17-7-12-13(16-4-3-15-12)10-1-5-22-8-10/h1,3-5,8,11H,2,6-7,9H2,(H2,17,18,19). The Hall–Kier alpha value is -2.00. The Morgan fingerprint density at radius 2 is 2.17 bits per heavy atom. The zero-order valence-corrected chi connectivity index (χ0v) is 13.9. The number of rotatable bonds is 4. The fourth-order valence-electron chi connectivity index (χ4n) is 2.45. The van der Waals surface area contributed by atoms with Crippen LogP contribution in [0.3, 0.4) is 0 Å². The first-order chi connectivity index (χ1) is 11.0. The van der Waals surface area contributed by atoms with Crippen molar-refractivity contribution in [3.63, 3.8) is 0 Å². The average molecular weight is 352 g/mol. The van der Waals surface area contributed by atoms with Crippen LogP contribution in [0.25, 0.3) is 11.3 Å². The summed E-state index contributed by atoms with van der Waals surface area (Å²) in [6.07, 6.45) is 3.65. The van der Waals surface area contributed by atoms with Crippen LogP contribution in [0, 0.1) is 0 Å². The first kappa shape index (κ1) is 15.9. The fourth-order valence-corrected chi connectivity index (χ4v) is 4.76. The Kier molecular flexibility index (Phi) is 4.58. The van der Waals surface area contributed by atoms with Crippen molar-refractivity contribution in [1.29, 1.82) is 0 Å². The molecule has 7 nitrogen and oxygen atoms in total. The van der Waals surface area contributed by atoms with E-state index < -0.39 is 15.9 Å². The Labute approximate surface area is 138 Å². The maximum absolute atomic E-state index is 11.9. The molecule has 2 N–H and O–H groups in total. The van der Waals surface area contributed by atoms with Gasteiger partial charge < -0.3 is 10.6 Å². The molecule has 0 radical (unpaired) electrons. The van der Waals surface area contributed by atoms with E-state index in [1.807, 2.05) is 16.8 Å². The van der Waals surface area contributed by atoms with Gasteiger partial charge in [-0.15, -0.1) is 0 Å². The number of carbonyl (C=O) groups is 1. The van der Waals surface area contributed by atoms with Gasteiger partial charge in [-0.05, 0) is 17.9 Å². The molecule has 0 aromatic carbocycles. The van der Waals surface area contributed by atoms with Gasteiger partial charge in [0.15, 0.2) is 9.84 Å². The monoisotopic (exact) mass is 352 g/mol. The van der Waals surface area contributed by atoms with Crippen molar-refractivity contribution in [1.82, 2.24) is 20.6 Å². The van der Waals surface area contributed by atoms with E-state index in [1.165, 1.54) is 0 Å². The average Bonchev–Trinajstić information content (AvgIpc) is 3.15. The number of nitrogens with zero attached hydrogens (tertiary/aromatic N) is 2. The van der Waals surface area contributed by atoms with E-state index in [1.54, 1.807) is 23.7 Å². The smallest absolute Gasteiger partial charge is 0.315 e. The molecule has 1 fully saturated rings. The van der Waals surface area contributed by atoms with Crippen molar-refractivity contribution in [3.05, 3.63) is 34.9 Å². The third-order valence-electron chi connectivity index (χ3n) is 3.55. The van der Waals surface area contributed by atoms with E-state index >= 15 is 0 Å². The highest BCUT2D eigenvalue weighted by molar-refractivity contribution is 7.91. The predicted molar refractivity (Wildman–Crippen MR) is 87.8 cm³/mol. The van der Waals surface area contributed by atoms with Crippen molar-refractivity contribution in [2.75, 3.05) is 11.5 Å². The molecule has 2 aromatic rings. The summed E-state index contributed by atoms with van der Waals surface area (Å²) in [5, 5.41) is 9.32. The van der Waals surface area contributed by atoms with Crippen LogP contribution in [0.4, 0.5) is 4.79 Å². The lowest BCUT2D eigenvalue weighted by Crippen LogP contribution is -2.42. The third-order valence-corrected chi connectivity index (χ3v) is 6.00. The maximum Gasteiger partial charge on any atom is 0.315 e. The van der Waals surface area contributed by atoms with Crippen LogP contribution in [-0.4, -0.2) is 42.0 Å². The summed E-state index contributed by atoms with van der Waals surface area (Å²) in [6, 6.07) is 1.23. The molecule has 3 heterocycles. The van der Waals surface area contributed by atoms with Crippen molar-refractivity contribution >= 4 is 27.2 Å². The molecule has 1 aliphatic heterocycles. The topological polar surface area (TPSA) is 101 Å². The number of sulfone groups is 1. The van der Waals surface area contributed by atoms with Gasteiger partial charge in [0, 0.05) is 29.4 Å². The molecule has 1 saturated heterocycles. The minimum atomic E-state index is -3.01. The second-order valence-electron chi connectivity index (χ2n) is 5.29. The molecule has 3 rings (SSSR count). The number of amides is 2. The third kappa shape index (κ3) is 4.05. The lowest BCUT2D eigenvalue weighted by atomic mass is 10.2. The van der Waals surface area contributed by atoms with Gasteiger partial charge in [-0.25, -0.2) is 13.2 Å². The van der Waals surface area contributed by atoms with Crippen molar-refractivity contribution in [2.24, 2.45) is 0 Å². The van der Waals surface area contributed by atoms with Gasteiger partial charge in [-0.2, -0.15) is 11.3 Å². The van der Waals surface area contributed by atoms with Crippen LogP contribution in [0.1, 0.15) is 12.1 Å². The molecular weight excluding hydrogens is 336 g/mol. The molecule has 0 saturated carbocycles. The van der Waals surface area contributed by atoms with Gasteiger partial charge >= 0.3 is 6.03 Å².